The average molecular weight is 403 g/mol. The Labute approximate surface area is 175 Å². The second-order valence-corrected chi connectivity index (χ2v) is 11.8. The first kappa shape index (κ1) is 20.9. The van der Waals surface area contributed by atoms with E-state index in [1.54, 1.807) is 0 Å². The van der Waals surface area contributed by atoms with Crippen molar-refractivity contribution in [2.24, 2.45) is 39.4 Å². The van der Waals surface area contributed by atoms with E-state index in [9.17, 15) is 14.7 Å². The standard InChI is InChI=1S/C25H38O4/c1-16(2)14-20(26)29-19-8-10-23(4)17(24(19,5)21(27)28)7-11-25-13-12-22(3,15-25)9-6-18(23)25/h12-13,16-19H,6-11,14-15H2,1-5H3,(H,27,28)/t17-,18-,19+,22+,23+,24-,25-/m0/s1. The van der Waals surface area contributed by atoms with Crippen LogP contribution >= 0.6 is 0 Å². The highest BCUT2D eigenvalue weighted by Crippen LogP contribution is 2.72. The van der Waals surface area contributed by atoms with Gasteiger partial charge >= 0.3 is 11.9 Å². The molecule has 4 aliphatic carbocycles. The molecule has 3 saturated carbocycles. The zero-order valence-electron chi connectivity index (χ0n) is 18.8. The molecule has 0 aromatic heterocycles. The van der Waals surface area contributed by atoms with Crippen LogP contribution in [0.2, 0.25) is 0 Å². The fraction of sp³-hybridized carbons (Fsp3) is 0.840. The second-order valence-electron chi connectivity index (χ2n) is 11.8. The van der Waals surface area contributed by atoms with Gasteiger partial charge in [-0.25, -0.2) is 0 Å². The van der Waals surface area contributed by atoms with Crippen LogP contribution in [0, 0.1) is 39.4 Å². The number of fused-ring (bicyclic) bond motifs is 3. The van der Waals surface area contributed by atoms with Crippen molar-refractivity contribution in [3.8, 4) is 0 Å². The Morgan fingerprint density at radius 1 is 1.03 bits per heavy atom. The number of esters is 1. The number of carbonyl (C=O) groups is 2. The Morgan fingerprint density at radius 3 is 2.38 bits per heavy atom. The molecule has 0 unspecified atom stereocenters. The van der Waals surface area contributed by atoms with E-state index in [1.165, 1.54) is 19.3 Å². The van der Waals surface area contributed by atoms with Gasteiger partial charge in [0.25, 0.3) is 0 Å². The average Bonchev–Trinajstić information content (AvgIpc) is 2.86. The molecule has 4 heteroatoms. The minimum atomic E-state index is -1.01. The summed E-state index contributed by atoms with van der Waals surface area (Å²) >= 11 is 0. The molecule has 0 aromatic carbocycles. The summed E-state index contributed by atoms with van der Waals surface area (Å²) in [5.41, 5.74) is -0.440. The first-order chi connectivity index (χ1) is 13.5. The van der Waals surface area contributed by atoms with Gasteiger partial charge in [-0.05, 0) is 85.9 Å². The van der Waals surface area contributed by atoms with E-state index >= 15 is 0 Å². The highest BCUT2D eigenvalue weighted by molar-refractivity contribution is 5.77. The van der Waals surface area contributed by atoms with E-state index in [1.807, 2.05) is 20.8 Å². The summed E-state index contributed by atoms with van der Waals surface area (Å²) in [5.74, 6) is -0.249. The van der Waals surface area contributed by atoms with Crippen molar-refractivity contribution in [2.75, 3.05) is 0 Å². The van der Waals surface area contributed by atoms with Gasteiger partial charge in [0.15, 0.2) is 0 Å². The number of ether oxygens (including phenoxy) is 1. The summed E-state index contributed by atoms with van der Waals surface area (Å²) in [5, 5.41) is 10.4. The van der Waals surface area contributed by atoms with E-state index in [-0.39, 0.29) is 28.6 Å². The lowest BCUT2D eigenvalue weighted by atomic mass is 9.40. The van der Waals surface area contributed by atoms with Crippen LogP contribution in [0.25, 0.3) is 0 Å². The molecule has 0 aromatic rings. The lowest BCUT2D eigenvalue weighted by Crippen LogP contribution is -2.63. The maximum Gasteiger partial charge on any atom is 0.313 e. The van der Waals surface area contributed by atoms with Gasteiger partial charge in [0.2, 0.25) is 0 Å². The van der Waals surface area contributed by atoms with Gasteiger partial charge in [-0.15, -0.1) is 0 Å². The van der Waals surface area contributed by atoms with E-state index in [4.69, 9.17) is 4.74 Å². The Balaban J connectivity index is 1.65. The molecule has 0 amide bonds. The first-order valence-electron chi connectivity index (χ1n) is 11.6. The normalized spacial score (nSPS) is 48.1. The number of carboxylic acid groups (broad SMARTS) is 1. The van der Waals surface area contributed by atoms with Gasteiger partial charge in [-0.3, -0.25) is 9.59 Å². The number of rotatable bonds is 4. The summed E-state index contributed by atoms with van der Waals surface area (Å²) in [7, 11) is 0. The predicted molar refractivity (Wildman–Crippen MR) is 112 cm³/mol. The molecule has 0 saturated heterocycles. The fourth-order valence-corrected chi connectivity index (χ4v) is 8.04. The third-order valence-corrected chi connectivity index (χ3v) is 9.39. The lowest BCUT2D eigenvalue weighted by molar-refractivity contribution is -0.211. The highest BCUT2D eigenvalue weighted by Gasteiger charge is 2.67. The van der Waals surface area contributed by atoms with Crippen molar-refractivity contribution in [1.29, 1.82) is 0 Å². The maximum absolute atomic E-state index is 12.7. The molecule has 1 spiro atoms. The van der Waals surface area contributed by atoms with Crippen molar-refractivity contribution in [2.45, 2.75) is 92.1 Å². The first-order valence-corrected chi connectivity index (χ1v) is 11.6. The van der Waals surface area contributed by atoms with Gasteiger partial charge in [0, 0.05) is 6.42 Å². The maximum atomic E-state index is 12.7. The van der Waals surface area contributed by atoms with Crippen LogP contribution in [0.3, 0.4) is 0 Å². The molecule has 4 nitrogen and oxygen atoms in total. The summed E-state index contributed by atoms with van der Waals surface area (Å²) < 4.78 is 5.85. The molecule has 3 fully saturated rings. The van der Waals surface area contributed by atoms with Crippen LogP contribution in [-0.2, 0) is 14.3 Å². The number of carboxylic acids is 1. The van der Waals surface area contributed by atoms with Crippen molar-refractivity contribution >= 4 is 11.9 Å². The molecule has 4 rings (SSSR count). The lowest BCUT2D eigenvalue weighted by Gasteiger charge is -2.64. The van der Waals surface area contributed by atoms with E-state index < -0.39 is 17.5 Å². The molecular weight excluding hydrogens is 364 g/mol. The molecule has 0 radical (unpaired) electrons. The summed E-state index contributed by atoms with van der Waals surface area (Å²) in [6.07, 6.45) is 12.0. The number of allylic oxidation sites excluding steroid dienone is 2. The molecular formula is C25H38O4. The zero-order chi connectivity index (χ0) is 21.2. The molecule has 1 N–H and O–H groups in total. The van der Waals surface area contributed by atoms with Crippen molar-refractivity contribution in [1.82, 2.24) is 0 Å². The predicted octanol–water partition coefficient (Wildman–Crippen LogP) is 5.61. The number of hydrogen-bond acceptors (Lipinski definition) is 3. The number of hydrogen-bond donors (Lipinski definition) is 1. The number of aliphatic carboxylic acids is 1. The fourth-order valence-electron chi connectivity index (χ4n) is 8.04. The van der Waals surface area contributed by atoms with Gasteiger partial charge in [0.05, 0.1) is 0 Å². The SMILES string of the molecule is CC(C)CC(=O)O[C@@H]1CC[C@@]2(C)[C@@H]3CC[C@]4(C)C=C[C@@]3(CC[C@@H]2[C@]1(C)C(=O)O)C4. The van der Waals surface area contributed by atoms with E-state index in [0.717, 1.165) is 19.3 Å². The Kier molecular flexibility index (Phi) is 4.76. The van der Waals surface area contributed by atoms with Crippen LogP contribution in [0.1, 0.15) is 86.0 Å². The topological polar surface area (TPSA) is 63.6 Å². The molecule has 2 bridgehead atoms. The van der Waals surface area contributed by atoms with Crippen LogP contribution < -0.4 is 0 Å². The van der Waals surface area contributed by atoms with Crippen LogP contribution in [-0.4, -0.2) is 23.1 Å². The number of carbonyl (C=O) groups excluding carboxylic acids is 1. The third-order valence-electron chi connectivity index (χ3n) is 9.39. The van der Waals surface area contributed by atoms with Crippen molar-refractivity contribution in [3.63, 3.8) is 0 Å². The summed E-state index contributed by atoms with van der Waals surface area (Å²) in [6.45, 7) is 10.6. The molecule has 7 atom stereocenters. The van der Waals surface area contributed by atoms with Gasteiger partial charge < -0.3 is 9.84 Å². The minimum Gasteiger partial charge on any atom is -0.481 e. The van der Waals surface area contributed by atoms with E-state index in [2.05, 4.69) is 26.0 Å². The molecule has 162 valence electrons. The molecule has 0 heterocycles. The Hall–Kier alpha value is -1.32. The van der Waals surface area contributed by atoms with Gasteiger partial charge in [0.1, 0.15) is 11.5 Å². The Morgan fingerprint density at radius 2 is 1.72 bits per heavy atom. The summed E-state index contributed by atoms with van der Waals surface area (Å²) in [6, 6.07) is 0. The highest BCUT2D eigenvalue weighted by atomic mass is 16.5. The smallest absolute Gasteiger partial charge is 0.313 e. The Bertz CT molecular complexity index is 741. The minimum absolute atomic E-state index is 0.0116. The van der Waals surface area contributed by atoms with Crippen LogP contribution in [0.4, 0.5) is 0 Å². The van der Waals surface area contributed by atoms with Crippen LogP contribution in [0.5, 0.6) is 0 Å². The quantitative estimate of drug-likeness (QED) is 0.490. The van der Waals surface area contributed by atoms with Gasteiger partial charge in [-0.1, -0.05) is 39.8 Å². The van der Waals surface area contributed by atoms with Crippen molar-refractivity contribution < 1.29 is 19.4 Å². The molecule has 29 heavy (non-hydrogen) atoms. The van der Waals surface area contributed by atoms with Gasteiger partial charge in [-0.2, -0.15) is 0 Å². The largest absolute Gasteiger partial charge is 0.481 e. The summed E-state index contributed by atoms with van der Waals surface area (Å²) in [4.78, 5) is 25.1. The molecule has 0 aliphatic heterocycles. The second kappa shape index (κ2) is 6.59. The van der Waals surface area contributed by atoms with Crippen molar-refractivity contribution in [3.05, 3.63) is 12.2 Å². The van der Waals surface area contributed by atoms with E-state index in [0.29, 0.717) is 24.2 Å². The monoisotopic (exact) mass is 402 g/mol. The van der Waals surface area contributed by atoms with Crippen LogP contribution in [0.15, 0.2) is 12.2 Å². The third kappa shape index (κ3) is 2.99. The zero-order valence-corrected chi connectivity index (χ0v) is 18.8. The molecule has 4 aliphatic rings.